The van der Waals surface area contributed by atoms with Crippen LogP contribution in [0.3, 0.4) is 0 Å². The van der Waals surface area contributed by atoms with Crippen molar-refractivity contribution in [1.29, 1.82) is 0 Å². The SMILES string of the molecule is CNS(=O)(=O)c1ccc(CCC(=O)N2CCN(C3CCCN(C)C3)CC2)cc1. The summed E-state index contributed by atoms with van der Waals surface area (Å²) in [5.74, 6) is 0.187. The van der Waals surface area contributed by atoms with Gasteiger partial charge in [-0.15, -0.1) is 0 Å². The second-order valence-electron chi connectivity index (χ2n) is 7.83. The molecule has 2 saturated heterocycles. The zero-order chi connectivity index (χ0) is 20.1. The van der Waals surface area contributed by atoms with Gasteiger partial charge in [-0.25, -0.2) is 13.1 Å². The predicted octanol–water partition coefficient (Wildman–Crippen LogP) is 0.766. The lowest BCUT2D eigenvalue weighted by Gasteiger charge is -2.42. The van der Waals surface area contributed by atoms with Crippen molar-refractivity contribution in [3.05, 3.63) is 29.8 Å². The van der Waals surface area contributed by atoms with Gasteiger partial charge in [0, 0.05) is 45.2 Å². The van der Waals surface area contributed by atoms with Crippen LogP contribution in [0.4, 0.5) is 0 Å². The fraction of sp³-hybridized carbons (Fsp3) is 0.650. The van der Waals surface area contributed by atoms with Crippen LogP contribution in [-0.2, 0) is 21.2 Å². The van der Waals surface area contributed by atoms with E-state index in [1.165, 1.54) is 26.4 Å². The monoisotopic (exact) mass is 408 g/mol. The van der Waals surface area contributed by atoms with Crippen LogP contribution < -0.4 is 4.72 Å². The summed E-state index contributed by atoms with van der Waals surface area (Å²) in [5, 5.41) is 0. The molecule has 2 fully saturated rings. The van der Waals surface area contributed by atoms with Gasteiger partial charge >= 0.3 is 0 Å². The Hall–Kier alpha value is -1.48. The zero-order valence-corrected chi connectivity index (χ0v) is 17.7. The van der Waals surface area contributed by atoms with E-state index in [2.05, 4.69) is 21.6 Å². The third-order valence-electron chi connectivity index (χ3n) is 5.91. The van der Waals surface area contributed by atoms with Gasteiger partial charge in [-0.1, -0.05) is 12.1 Å². The van der Waals surface area contributed by atoms with E-state index in [1.54, 1.807) is 24.3 Å². The Kier molecular flexibility index (Phi) is 7.09. The van der Waals surface area contributed by atoms with E-state index < -0.39 is 10.0 Å². The number of piperidine rings is 1. The zero-order valence-electron chi connectivity index (χ0n) is 16.9. The fourth-order valence-electron chi connectivity index (χ4n) is 4.14. The van der Waals surface area contributed by atoms with Crippen LogP contribution >= 0.6 is 0 Å². The number of rotatable bonds is 6. The molecule has 0 spiro atoms. The van der Waals surface area contributed by atoms with Crippen LogP contribution in [0.2, 0.25) is 0 Å². The molecule has 3 rings (SSSR count). The molecular weight excluding hydrogens is 376 g/mol. The molecule has 0 aromatic heterocycles. The van der Waals surface area contributed by atoms with E-state index >= 15 is 0 Å². The summed E-state index contributed by atoms with van der Waals surface area (Å²) in [6.07, 6.45) is 3.61. The molecule has 0 radical (unpaired) electrons. The standard InChI is InChI=1S/C20H32N4O3S/c1-21-28(26,27)19-8-5-17(6-9-19)7-10-20(25)24-14-12-23(13-15-24)18-4-3-11-22(2)16-18/h5-6,8-9,18,21H,3-4,7,10-16H2,1-2H3. The number of carbonyl (C=O) groups excluding carboxylic acids is 1. The van der Waals surface area contributed by atoms with Gasteiger partial charge in [-0.3, -0.25) is 9.69 Å². The van der Waals surface area contributed by atoms with Crippen molar-refractivity contribution >= 4 is 15.9 Å². The molecule has 156 valence electrons. The number of aryl methyl sites for hydroxylation is 1. The minimum Gasteiger partial charge on any atom is -0.340 e. The topological polar surface area (TPSA) is 73.0 Å². The van der Waals surface area contributed by atoms with Gasteiger partial charge in [0.15, 0.2) is 0 Å². The summed E-state index contributed by atoms with van der Waals surface area (Å²) in [5.41, 5.74) is 0.979. The van der Waals surface area contributed by atoms with Crippen molar-refractivity contribution < 1.29 is 13.2 Å². The van der Waals surface area contributed by atoms with Crippen molar-refractivity contribution in [2.75, 3.05) is 53.4 Å². The Morgan fingerprint density at radius 1 is 1.11 bits per heavy atom. The maximum absolute atomic E-state index is 12.6. The number of piperazine rings is 1. The molecule has 2 aliphatic rings. The highest BCUT2D eigenvalue weighted by atomic mass is 32.2. The number of carbonyl (C=O) groups is 1. The van der Waals surface area contributed by atoms with Crippen LogP contribution in [0.1, 0.15) is 24.8 Å². The van der Waals surface area contributed by atoms with Crippen molar-refractivity contribution in [1.82, 2.24) is 19.4 Å². The summed E-state index contributed by atoms with van der Waals surface area (Å²) < 4.78 is 25.8. The highest BCUT2D eigenvalue weighted by molar-refractivity contribution is 7.89. The second kappa shape index (κ2) is 9.35. The molecule has 7 nitrogen and oxygen atoms in total. The number of likely N-dealkylation sites (N-methyl/N-ethyl adjacent to an activating group) is 1. The summed E-state index contributed by atoms with van der Waals surface area (Å²) in [6.45, 7) is 5.85. The average molecular weight is 409 g/mol. The smallest absolute Gasteiger partial charge is 0.240 e. The second-order valence-corrected chi connectivity index (χ2v) is 9.71. The lowest BCUT2D eigenvalue weighted by Crippen LogP contribution is -2.55. The first-order chi connectivity index (χ1) is 13.4. The summed E-state index contributed by atoms with van der Waals surface area (Å²) in [6, 6.07) is 7.38. The number of hydrogen-bond acceptors (Lipinski definition) is 5. The van der Waals surface area contributed by atoms with E-state index in [9.17, 15) is 13.2 Å². The number of sulfonamides is 1. The first-order valence-electron chi connectivity index (χ1n) is 10.1. The van der Waals surface area contributed by atoms with Gasteiger partial charge in [0.25, 0.3) is 0 Å². The van der Waals surface area contributed by atoms with Crippen molar-refractivity contribution in [2.24, 2.45) is 0 Å². The summed E-state index contributed by atoms with van der Waals surface area (Å²) in [4.78, 5) is 19.7. The first-order valence-corrected chi connectivity index (χ1v) is 11.6. The molecular formula is C20H32N4O3S. The molecule has 1 N–H and O–H groups in total. The number of likely N-dealkylation sites (tertiary alicyclic amines) is 1. The number of amides is 1. The van der Waals surface area contributed by atoms with E-state index in [4.69, 9.17) is 0 Å². The quantitative estimate of drug-likeness (QED) is 0.753. The maximum Gasteiger partial charge on any atom is 0.240 e. The van der Waals surface area contributed by atoms with Crippen LogP contribution in [0.15, 0.2) is 29.2 Å². The minimum atomic E-state index is -3.41. The largest absolute Gasteiger partial charge is 0.340 e. The van der Waals surface area contributed by atoms with Gasteiger partial charge in [-0.05, 0) is 57.6 Å². The Morgan fingerprint density at radius 2 is 1.79 bits per heavy atom. The summed E-state index contributed by atoms with van der Waals surface area (Å²) in [7, 11) is 0.170. The van der Waals surface area contributed by atoms with Crippen LogP contribution in [0, 0.1) is 0 Å². The predicted molar refractivity (Wildman–Crippen MR) is 110 cm³/mol. The number of nitrogens with zero attached hydrogens (tertiary/aromatic N) is 3. The molecule has 28 heavy (non-hydrogen) atoms. The number of benzene rings is 1. The molecule has 0 aliphatic carbocycles. The molecule has 1 atom stereocenters. The molecule has 2 aliphatic heterocycles. The minimum absolute atomic E-state index is 0.187. The van der Waals surface area contributed by atoms with E-state index in [0.29, 0.717) is 18.9 Å². The molecule has 1 aromatic carbocycles. The maximum atomic E-state index is 12.6. The van der Waals surface area contributed by atoms with Crippen molar-refractivity contribution in [2.45, 2.75) is 36.6 Å². The van der Waals surface area contributed by atoms with Gasteiger partial charge in [0.1, 0.15) is 0 Å². The van der Waals surface area contributed by atoms with Gasteiger partial charge in [0.2, 0.25) is 15.9 Å². The third-order valence-corrected chi connectivity index (χ3v) is 7.34. The highest BCUT2D eigenvalue weighted by Crippen LogP contribution is 2.17. The molecule has 0 saturated carbocycles. The Morgan fingerprint density at radius 3 is 2.39 bits per heavy atom. The first kappa shape index (κ1) is 21.2. The van der Waals surface area contributed by atoms with Crippen molar-refractivity contribution in [3.8, 4) is 0 Å². The van der Waals surface area contributed by atoms with Crippen molar-refractivity contribution in [3.63, 3.8) is 0 Å². The Labute approximate surface area is 168 Å². The Balaban J connectivity index is 1.44. The average Bonchev–Trinajstić information content (AvgIpc) is 2.72. The third kappa shape index (κ3) is 5.31. The van der Waals surface area contributed by atoms with Gasteiger partial charge in [-0.2, -0.15) is 0 Å². The molecule has 0 bridgehead atoms. The fourth-order valence-corrected chi connectivity index (χ4v) is 4.87. The lowest BCUT2D eigenvalue weighted by atomic mass is 10.0. The molecule has 1 amide bonds. The molecule has 1 aromatic rings. The van der Waals surface area contributed by atoms with Gasteiger partial charge in [0.05, 0.1) is 4.90 Å². The van der Waals surface area contributed by atoms with Gasteiger partial charge < -0.3 is 9.80 Å². The van der Waals surface area contributed by atoms with E-state index in [0.717, 1.165) is 38.3 Å². The van der Waals surface area contributed by atoms with Crippen LogP contribution in [0.5, 0.6) is 0 Å². The van der Waals surface area contributed by atoms with E-state index in [-0.39, 0.29) is 10.8 Å². The van der Waals surface area contributed by atoms with E-state index in [1.807, 2.05) is 4.90 Å². The normalized spacial score (nSPS) is 22.4. The number of hydrogen-bond donors (Lipinski definition) is 1. The summed E-state index contributed by atoms with van der Waals surface area (Å²) >= 11 is 0. The molecule has 2 heterocycles. The highest BCUT2D eigenvalue weighted by Gasteiger charge is 2.28. The molecule has 8 heteroatoms. The molecule has 1 unspecified atom stereocenters. The number of nitrogens with one attached hydrogen (secondary N) is 1. The van der Waals surface area contributed by atoms with Crippen LogP contribution in [-0.4, -0.2) is 88.4 Å². The Bertz CT molecular complexity index is 758. The van der Waals surface area contributed by atoms with Crippen LogP contribution in [0.25, 0.3) is 0 Å². The lowest BCUT2D eigenvalue weighted by molar-refractivity contribution is -0.133.